The first-order valence-electron chi connectivity index (χ1n) is 8.94. The number of hydrogen-bond donors (Lipinski definition) is 1. The van der Waals surface area contributed by atoms with E-state index < -0.39 is 20.7 Å². The van der Waals surface area contributed by atoms with Crippen LogP contribution in [-0.4, -0.2) is 39.8 Å². The smallest absolute Gasteiger partial charge is 0.249 e. The highest BCUT2D eigenvalue weighted by Gasteiger charge is 2.52. The second kappa shape index (κ2) is 7.71. The molecule has 0 aliphatic carbocycles. The molecule has 1 fully saturated rings. The first-order chi connectivity index (χ1) is 13.3. The van der Waals surface area contributed by atoms with Gasteiger partial charge in [0, 0.05) is 12.6 Å². The van der Waals surface area contributed by atoms with Gasteiger partial charge in [0.2, 0.25) is 15.9 Å². The van der Waals surface area contributed by atoms with E-state index in [9.17, 15) is 13.2 Å². The third-order valence-electron chi connectivity index (χ3n) is 5.06. The van der Waals surface area contributed by atoms with Gasteiger partial charge in [-0.15, -0.1) is 0 Å². The van der Waals surface area contributed by atoms with Crippen LogP contribution in [0, 0.1) is 0 Å². The molecule has 1 heterocycles. The van der Waals surface area contributed by atoms with E-state index >= 15 is 0 Å². The number of hydrogen-bond acceptors (Lipinski definition) is 5. The lowest BCUT2D eigenvalue weighted by Gasteiger charge is -2.39. The molecule has 0 bridgehead atoms. The number of anilines is 2. The Morgan fingerprint density at radius 1 is 1.11 bits per heavy atom. The van der Waals surface area contributed by atoms with Crippen molar-refractivity contribution in [3.8, 4) is 11.5 Å². The van der Waals surface area contributed by atoms with Crippen molar-refractivity contribution >= 4 is 27.3 Å². The zero-order valence-electron chi connectivity index (χ0n) is 16.1. The molecule has 0 saturated carbocycles. The van der Waals surface area contributed by atoms with E-state index in [0.29, 0.717) is 35.8 Å². The number of para-hydroxylation sites is 1. The van der Waals surface area contributed by atoms with Gasteiger partial charge in [0.15, 0.2) is 4.75 Å². The van der Waals surface area contributed by atoms with Gasteiger partial charge in [-0.1, -0.05) is 18.2 Å². The summed E-state index contributed by atoms with van der Waals surface area (Å²) in [5.74, 6) is 0.377. The summed E-state index contributed by atoms with van der Waals surface area (Å²) < 4.78 is 36.9. The average Bonchev–Trinajstić information content (AvgIpc) is 2.70. The highest BCUT2D eigenvalue weighted by atomic mass is 32.2. The molecule has 28 heavy (non-hydrogen) atoms. The molecule has 1 saturated heterocycles. The van der Waals surface area contributed by atoms with Crippen molar-refractivity contribution in [2.24, 2.45) is 0 Å². The molecule has 1 aliphatic rings. The van der Waals surface area contributed by atoms with E-state index in [1.165, 1.54) is 25.4 Å². The summed E-state index contributed by atoms with van der Waals surface area (Å²) in [6.45, 7) is 1.82. The predicted molar refractivity (Wildman–Crippen MR) is 109 cm³/mol. The summed E-state index contributed by atoms with van der Waals surface area (Å²) in [7, 11) is -0.911. The van der Waals surface area contributed by atoms with Gasteiger partial charge in [-0.05, 0) is 44.0 Å². The third-order valence-corrected chi connectivity index (χ3v) is 7.56. The van der Waals surface area contributed by atoms with Crippen LogP contribution in [0.15, 0.2) is 48.5 Å². The predicted octanol–water partition coefficient (Wildman–Crippen LogP) is 3.03. The lowest BCUT2D eigenvalue weighted by Crippen LogP contribution is -2.57. The standard InChI is InChI=1S/C20H24N2O5S/c1-20(19(23)21-17-11-10-16(26-2)14-18(17)27-3)12-7-13-22(28(20,24)25)15-8-5-4-6-9-15/h4-6,8-11,14H,7,12-13H2,1-3H3,(H,21,23). The summed E-state index contributed by atoms with van der Waals surface area (Å²) >= 11 is 0. The Morgan fingerprint density at radius 3 is 2.46 bits per heavy atom. The fraction of sp³-hybridized carbons (Fsp3) is 0.350. The van der Waals surface area contributed by atoms with Crippen LogP contribution in [0.3, 0.4) is 0 Å². The van der Waals surface area contributed by atoms with Crippen molar-refractivity contribution in [3.63, 3.8) is 0 Å². The Hall–Kier alpha value is -2.74. The van der Waals surface area contributed by atoms with E-state index in [0.717, 1.165) is 0 Å². The number of nitrogens with zero attached hydrogens (tertiary/aromatic N) is 1. The van der Waals surface area contributed by atoms with Crippen molar-refractivity contribution in [1.82, 2.24) is 0 Å². The molecular formula is C20H24N2O5S. The summed E-state index contributed by atoms with van der Waals surface area (Å²) in [5, 5.41) is 2.73. The van der Waals surface area contributed by atoms with Crippen molar-refractivity contribution in [3.05, 3.63) is 48.5 Å². The van der Waals surface area contributed by atoms with Crippen LogP contribution >= 0.6 is 0 Å². The summed E-state index contributed by atoms with van der Waals surface area (Å²) in [6.07, 6.45) is 0.820. The van der Waals surface area contributed by atoms with Crippen molar-refractivity contribution in [2.45, 2.75) is 24.5 Å². The van der Waals surface area contributed by atoms with Crippen LogP contribution in [0.1, 0.15) is 19.8 Å². The van der Waals surface area contributed by atoms with Gasteiger partial charge in [0.05, 0.1) is 25.6 Å². The van der Waals surface area contributed by atoms with Gasteiger partial charge in [-0.2, -0.15) is 0 Å². The Balaban J connectivity index is 1.92. The second-order valence-electron chi connectivity index (χ2n) is 6.77. The minimum atomic E-state index is -3.91. The third kappa shape index (κ3) is 3.40. The molecule has 1 N–H and O–H groups in total. The van der Waals surface area contributed by atoms with Gasteiger partial charge in [-0.25, -0.2) is 8.42 Å². The van der Waals surface area contributed by atoms with Crippen LogP contribution in [0.4, 0.5) is 11.4 Å². The molecule has 0 radical (unpaired) electrons. The number of amides is 1. The first-order valence-corrected chi connectivity index (χ1v) is 10.4. The molecule has 150 valence electrons. The zero-order chi connectivity index (χ0) is 20.4. The maximum atomic E-state index is 13.3. The molecule has 1 unspecified atom stereocenters. The number of carbonyl (C=O) groups is 1. The molecule has 1 aliphatic heterocycles. The zero-order valence-corrected chi connectivity index (χ0v) is 17.0. The van der Waals surface area contributed by atoms with E-state index in [1.54, 1.807) is 42.5 Å². The van der Waals surface area contributed by atoms with Gasteiger partial charge in [0.1, 0.15) is 11.5 Å². The van der Waals surface area contributed by atoms with Crippen LogP contribution in [0.25, 0.3) is 0 Å². The normalized spacial score (nSPS) is 21.0. The quantitative estimate of drug-likeness (QED) is 0.828. The largest absolute Gasteiger partial charge is 0.497 e. The first kappa shape index (κ1) is 20.0. The van der Waals surface area contributed by atoms with Crippen molar-refractivity contribution < 1.29 is 22.7 Å². The Morgan fingerprint density at radius 2 is 1.82 bits per heavy atom. The number of benzene rings is 2. The highest BCUT2D eigenvalue weighted by molar-refractivity contribution is 7.95. The summed E-state index contributed by atoms with van der Waals surface area (Å²) in [5.41, 5.74) is 0.949. The minimum absolute atomic E-state index is 0.239. The summed E-state index contributed by atoms with van der Waals surface area (Å²) in [6, 6.07) is 13.8. The highest BCUT2D eigenvalue weighted by Crippen LogP contribution is 2.37. The average molecular weight is 404 g/mol. The second-order valence-corrected chi connectivity index (χ2v) is 9.06. The number of methoxy groups -OCH3 is 2. The monoisotopic (exact) mass is 404 g/mol. The Bertz CT molecular complexity index is 962. The molecule has 3 rings (SSSR count). The molecule has 7 nitrogen and oxygen atoms in total. The maximum absolute atomic E-state index is 13.3. The molecule has 1 amide bonds. The van der Waals surface area contributed by atoms with Crippen LogP contribution in [0.5, 0.6) is 11.5 Å². The van der Waals surface area contributed by atoms with Gasteiger partial charge < -0.3 is 14.8 Å². The number of ether oxygens (including phenoxy) is 2. The fourth-order valence-corrected chi connectivity index (χ4v) is 5.24. The maximum Gasteiger partial charge on any atom is 0.249 e. The van der Waals surface area contributed by atoms with Crippen LogP contribution in [0.2, 0.25) is 0 Å². The molecule has 0 aromatic heterocycles. The molecular weight excluding hydrogens is 380 g/mol. The number of nitrogens with one attached hydrogen (secondary N) is 1. The number of carbonyl (C=O) groups excluding carboxylic acids is 1. The fourth-order valence-electron chi connectivity index (χ4n) is 3.30. The van der Waals surface area contributed by atoms with Crippen LogP contribution in [-0.2, 0) is 14.8 Å². The molecule has 1 atom stereocenters. The number of sulfonamides is 1. The topological polar surface area (TPSA) is 84.9 Å². The lowest BCUT2D eigenvalue weighted by atomic mass is 10.0. The van der Waals surface area contributed by atoms with Crippen LogP contribution < -0.4 is 19.1 Å². The Labute approximate surface area is 165 Å². The molecule has 2 aromatic rings. The minimum Gasteiger partial charge on any atom is -0.497 e. The van der Waals surface area contributed by atoms with E-state index in [4.69, 9.17) is 9.47 Å². The van der Waals surface area contributed by atoms with Gasteiger partial charge in [-0.3, -0.25) is 9.10 Å². The van der Waals surface area contributed by atoms with E-state index in [1.807, 2.05) is 6.07 Å². The van der Waals surface area contributed by atoms with Gasteiger partial charge >= 0.3 is 0 Å². The van der Waals surface area contributed by atoms with Crippen molar-refractivity contribution in [2.75, 3.05) is 30.4 Å². The molecule has 0 spiro atoms. The molecule has 2 aromatic carbocycles. The Kier molecular flexibility index (Phi) is 5.51. The van der Waals surface area contributed by atoms with Gasteiger partial charge in [0.25, 0.3) is 0 Å². The summed E-state index contributed by atoms with van der Waals surface area (Å²) in [4.78, 5) is 13.1. The van der Waals surface area contributed by atoms with E-state index in [2.05, 4.69) is 5.32 Å². The lowest BCUT2D eigenvalue weighted by molar-refractivity contribution is -0.118. The van der Waals surface area contributed by atoms with Crippen molar-refractivity contribution in [1.29, 1.82) is 0 Å². The SMILES string of the molecule is COc1ccc(NC(=O)C2(C)CCCN(c3ccccc3)S2(=O)=O)c(OC)c1. The number of rotatable bonds is 5. The van der Waals surface area contributed by atoms with E-state index in [-0.39, 0.29) is 6.42 Å². The molecule has 8 heteroatoms.